The molecule has 0 unspecified atom stereocenters. The number of hydrogen-bond acceptors (Lipinski definition) is 5. The molecule has 9 heteroatoms. The Morgan fingerprint density at radius 3 is 2.08 bits per heavy atom. The molecule has 3 N–H and O–H groups in total. The Kier molecular flexibility index (Phi) is 11.1. The van der Waals surface area contributed by atoms with Crippen molar-refractivity contribution in [2.45, 2.75) is 70.6 Å². The van der Waals surface area contributed by atoms with Gasteiger partial charge in [-0.1, -0.05) is 26.7 Å². The molecule has 0 heterocycles. The van der Waals surface area contributed by atoms with Crippen LogP contribution >= 0.6 is 0 Å². The highest BCUT2D eigenvalue weighted by Gasteiger charge is 2.31. The second kappa shape index (κ2) is 11.8. The highest BCUT2D eigenvalue weighted by molar-refractivity contribution is 7.92. The smallest absolute Gasteiger partial charge is 0.327 e. The molecule has 25 heavy (non-hydrogen) atoms. The van der Waals surface area contributed by atoms with Crippen LogP contribution in [0.15, 0.2) is 0 Å². The van der Waals surface area contributed by atoms with Gasteiger partial charge in [0.1, 0.15) is 6.04 Å². The van der Waals surface area contributed by atoms with Gasteiger partial charge in [0, 0.05) is 19.9 Å². The Balaban J connectivity index is 4.75. The summed E-state index contributed by atoms with van der Waals surface area (Å²) in [6.07, 6.45) is 2.70. The number of sulfone groups is 1. The summed E-state index contributed by atoms with van der Waals surface area (Å²) in [5, 5.41) is 13.4. The van der Waals surface area contributed by atoms with Crippen LogP contribution in [0.4, 0.5) is 0 Å². The fourth-order valence-corrected chi connectivity index (χ4v) is 4.62. The number of amides is 2. The lowest BCUT2D eigenvalue weighted by Crippen LogP contribution is -2.47. The fraction of sp³-hybridized carbons (Fsp3) is 0.812. The van der Waals surface area contributed by atoms with E-state index in [9.17, 15) is 27.9 Å². The van der Waals surface area contributed by atoms with E-state index in [1.54, 1.807) is 0 Å². The molecule has 0 aliphatic rings. The van der Waals surface area contributed by atoms with Crippen molar-refractivity contribution < 1.29 is 27.9 Å². The van der Waals surface area contributed by atoms with E-state index in [2.05, 4.69) is 10.6 Å². The maximum absolute atomic E-state index is 12.5. The molecule has 0 aromatic rings. The molecule has 0 bridgehead atoms. The Morgan fingerprint density at radius 1 is 1.08 bits per heavy atom. The van der Waals surface area contributed by atoms with Crippen molar-refractivity contribution in [3.8, 4) is 0 Å². The number of carbonyl (C=O) groups excluding carboxylic acids is 2. The van der Waals surface area contributed by atoms with E-state index < -0.39 is 38.8 Å². The lowest BCUT2D eigenvalue weighted by atomic mass is 10.2. The van der Waals surface area contributed by atoms with Gasteiger partial charge in [-0.15, -0.1) is 0 Å². The number of nitrogens with one attached hydrogen (secondary N) is 2. The lowest BCUT2D eigenvalue weighted by Gasteiger charge is -2.20. The molecule has 0 aromatic carbocycles. The highest BCUT2D eigenvalue weighted by atomic mass is 32.2. The lowest BCUT2D eigenvalue weighted by molar-refractivity contribution is -0.141. The van der Waals surface area contributed by atoms with Crippen LogP contribution in [-0.2, 0) is 24.2 Å². The molecule has 0 aliphatic heterocycles. The van der Waals surface area contributed by atoms with Crippen molar-refractivity contribution in [3.63, 3.8) is 0 Å². The minimum Gasteiger partial charge on any atom is -0.480 e. The molecule has 8 nitrogen and oxygen atoms in total. The molecule has 0 radical (unpaired) electrons. The highest BCUT2D eigenvalue weighted by Crippen LogP contribution is 2.16. The van der Waals surface area contributed by atoms with Gasteiger partial charge in [0.05, 0.1) is 11.0 Å². The van der Waals surface area contributed by atoms with Crippen molar-refractivity contribution in [1.29, 1.82) is 0 Å². The molecule has 0 saturated carbocycles. The standard InChI is InChI=1S/C16H30N2O6S/c1-4-7-13(8-5-2)25(23,24)11-14(16(21)22)18-15(20)9-6-10-17-12(3)19/h13-14H,4-11H2,1-3H3,(H,17,19)(H,18,20)(H,21,22)/t14-/m1/s1. The first kappa shape index (κ1) is 23.4. The van der Waals surface area contributed by atoms with Crippen molar-refractivity contribution >= 4 is 27.6 Å². The summed E-state index contributed by atoms with van der Waals surface area (Å²) in [5.74, 6) is -2.74. The SMILES string of the molecule is CCCC(CCC)S(=O)(=O)C[C@@H](NC(=O)CCCNC(C)=O)C(=O)O. The molecule has 0 aliphatic carbocycles. The summed E-state index contributed by atoms with van der Waals surface area (Å²) in [4.78, 5) is 33.9. The number of carbonyl (C=O) groups is 3. The van der Waals surface area contributed by atoms with Crippen LogP contribution in [0.1, 0.15) is 59.3 Å². The minimum atomic E-state index is -3.63. The summed E-state index contributed by atoms with van der Waals surface area (Å²) >= 11 is 0. The van der Waals surface area contributed by atoms with Crippen LogP contribution in [0.25, 0.3) is 0 Å². The van der Waals surface area contributed by atoms with Crippen LogP contribution in [0.5, 0.6) is 0 Å². The van der Waals surface area contributed by atoms with Crippen molar-refractivity contribution in [3.05, 3.63) is 0 Å². The number of hydrogen-bond donors (Lipinski definition) is 3. The van der Waals surface area contributed by atoms with Gasteiger partial charge in [-0.25, -0.2) is 13.2 Å². The van der Waals surface area contributed by atoms with Gasteiger partial charge < -0.3 is 15.7 Å². The predicted octanol–water partition coefficient (Wildman–Crippen LogP) is 0.856. The average Bonchev–Trinajstić information content (AvgIpc) is 2.50. The maximum atomic E-state index is 12.5. The Morgan fingerprint density at radius 2 is 1.64 bits per heavy atom. The summed E-state index contributed by atoms with van der Waals surface area (Å²) in [6.45, 7) is 5.41. The van der Waals surface area contributed by atoms with Crippen LogP contribution in [-0.4, -0.2) is 54.9 Å². The zero-order valence-electron chi connectivity index (χ0n) is 15.2. The van der Waals surface area contributed by atoms with Crippen molar-refractivity contribution in [2.75, 3.05) is 12.3 Å². The van der Waals surface area contributed by atoms with Gasteiger partial charge in [-0.2, -0.15) is 0 Å². The van der Waals surface area contributed by atoms with Gasteiger partial charge in [-0.3, -0.25) is 9.59 Å². The Bertz CT molecular complexity index is 541. The van der Waals surface area contributed by atoms with E-state index in [1.807, 2.05) is 13.8 Å². The zero-order chi connectivity index (χ0) is 19.5. The van der Waals surface area contributed by atoms with Crippen LogP contribution < -0.4 is 10.6 Å². The van der Waals surface area contributed by atoms with Crippen molar-refractivity contribution in [1.82, 2.24) is 10.6 Å². The normalized spacial score (nSPS) is 12.6. The number of carboxylic acids is 1. The van der Waals surface area contributed by atoms with E-state index >= 15 is 0 Å². The molecule has 0 spiro atoms. The van der Waals surface area contributed by atoms with Gasteiger partial charge >= 0.3 is 5.97 Å². The molecule has 0 aromatic heterocycles. The third kappa shape index (κ3) is 10.1. The van der Waals surface area contributed by atoms with Crippen LogP contribution in [0.2, 0.25) is 0 Å². The largest absolute Gasteiger partial charge is 0.480 e. The first-order valence-electron chi connectivity index (χ1n) is 8.62. The van der Waals surface area contributed by atoms with Crippen molar-refractivity contribution in [2.24, 2.45) is 0 Å². The first-order valence-corrected chi connectivity index (χ1v) is 10.3. The van der Waals surface area contributed by atoms with Crippen LogP contribution in [0.3, 0.4) is 0 Å². The van der Waals surface area contributed by atoms with E-state index in [-0.39, 0.29) is 12.3 Å². The van der Waals surface area contributed by atoms with Gasteiger partial charge in [-0.05, 0) is 19.3 Å². The van der Waals surface area contributed by atoms with Crippen LogP contribution in [0, 0.1) is 0 Å². The molecule has 0 fully saturated rings. The third-order valence-electron chi connectivity index (χ3n) is 3.72. The first-order chi connectivity index (χ1) is 11.6. The Labute approximate surface area is 149 Å². The fourth-order valence-electron chi connectivity index (χ4n) is 2.47. The number of rotatable bonds is 13. The topological polar surface area (TPSA) is 130 Å². The third-order valence-corrected chi connectivity index (χ3v) is 6.00. The summed E-state index contributed by atoms with van der Waals surface area (Å²) < 4.78 is 25.0. The van der Waals surface area contributed by atoms with E-state index in [0.717, 1.165) is 0 Å². The monoisotopic (exact) mass is 378 g/mol. The summed E-state index contributed by atoms with van der Waals surface area (Å²) in [6, 6.07) is -1.46. The minimum absolute atomic E-state index is 0.0114. The molecular formula is C16H30N2O6S. The quantitative estimate of drug-likeness (QED) is 0.408. The van der Waals surface area contributed by atoms with Gasteiger partial charge in [0.15, 0.2) is 9.84 Å². The molecule has 0 rings (SSSR count). The molecule has 2 amide bonds. The zero-order valence-corrected chi connectivity index (χ0v) is 16.0. The molecule has 1 atom stereocenters. The second-order valence-corrected chi connectivity index (χ2v) is 8.40. The summed E-state index contributed by atoms with van der Waals surface area (Å²) in [5.41, 5.74) is 0. The summed E-state index contributed by atoms with van der Waals surface area (Å²) in [7, 11) is -3.63. The number of aliphatic carboxylic acids is 1. The second-order valence-electron chi connectivity index (χ2n) is 6.07. The molecular weight excluding hydrogens is 348 g/mol. The Hall–Kier alpha value is -1.64. The molecule has 0 saturated heterocycles. The molecule has 146 valence electrons. The maximum Gasteiger partial charge on any atom is 0.327 e. The predicted molar refractivity (Wildman–Crippen MR) is 94.9 cm³/mol. The average molecular weight is 378 g/mol. The van der Waals surface area contributed by atoms with E-state index in [4.69, 9.17) is 0 Å². The van der Waals surface area contributed by atoms with E-state index in [1.165, 1.54) is 6.92 Å². The van der Waals surface area contributed by atoms with Gasteiger partial charge in [0.25, 0.3) is 0 Å². The van der Waals surface area contributed by atoms with E-state index in [0.29, 0.717) is 38.6 Å². The number of carboxylic acid groups (broad SMARTS) is 1. The van der Waals surface area contributed by atoms with Gasteiger partial charge in [0.2, 0.25) is 11.8 Å².